The average molecular weight is 374 g/mol. The lowest BCUT2D eigenvalue weighted by Crippen LogP contribution is -2.48. The number of nitrogens with one attached hydrogen (secondary N) is 2. The highest BCUT2D eigenvalue weighted by Gasteiger charge is 2.29. The van der Waals surface area contributed by atoms with E-state index < -0.39 is 18.1 Å². The molecule has 0 aliphatic heterocycles. The predicted octanol–water partition coefficient (Wildman–Crippen LogP) is 2.36. The molecular formula is C21H30N2O4. The minimum absolute atomic E-state index is 0.151. The maximum Gasteiger partial charge on any atom is 0.329 e. The Bertz CT molecular complexity index is 639. The second-order valence-corrected chi connectivity index (χ2v) is 7.52. The fourth-order valence-corrected chi connectivity index (χ4v) is 3.19. The standard InChI is InChI=1S/C21H30N2O4/c1-14(2)19(23-18(24)13-16-9-5-4-6-10-16)21(26)27-15(3)20(25)22-17-11-7-8-12-17/h4-6,9-10,14-15,17,19H,7-8,11-13H2,1-3H3,(H,22,25)(H,23,24)/t15-,19+/m1/s1. The number of ether oxygens (including phenoxy) is 1. The number of esters is 1. The molecule has 1 aromatic rings. The van der Waals surface area contributed by atoms with Crippen LogP contribution in [-0.2, 0) is 25.5 Å². The van der Waals surface area contributed by atoms with Crippen LogP contribution in [0.25, 0.3) is 0 Å². The normalized spacial score (nSPS) is 16.6. The Labute approximate surface area is 161 Å². The van der Waals surface area contributed by atoms with Gasteiger partial charge in [0, 0.05) is 6.04 Å². The van der Waals surface area contributed by atoms with Crippen LogP contribution in [0.15, 0.2) is 30.3 Å². The second kappa shape index (κ2) is 10.1. The van der Waals surface area contributed by atoms with E-state index in [1.54, 1.807) is 6.92 Å². The highest BCUT2D eigenvalue weighted by Crippen LogP contribution is 2.18. The third-order valence-corrected chi connectivity index (χ3v) is 4.81. The van der Waals surface area contributed by atoms with Gasteiger partial charge in [0.1, 0.15) is 6.04 Å². The van der Waals surface area contributed by atoms with Crippen molar-refractivity contribution in [2.45, 2.75) is 71.1 Å². The van der Waals surface area contributed by atoms with E-state index in [2.05, 4.69) is 10.6 Å². The number of rotatable bonds is 8. The lowest BCUT2D eigenvalue weighted by Gasteiger charge is -2.23. The highest BCUT2D eigenvalue weighted by molar-refractivity contribution is 5.88. The molecule has 6 heteroatoms. The summed E-state index contributed by atoms with van der Waals surface area (Å²) >= 11 is 0. The van der Waals surface area contributed by atoms with Crippen molar-refractivity contribution in [3.8, 4) is 0 Å². The van der Waals surface area contributed by atoms with Crippen LogP contribution < -0.4 is 10.6 Å². The summed E-state index contributed by atoms with van der Waals surface area (Å²) in [6.07, 6.45) is 3.47. The Balaban J connectivity index is 1.87. The second-order valence-electron chi connectivity index (χ2n) is 7.52. The summed E-state index contributed by atoms with van der Waals surface area (Å²) in [4.78, 5) is 37.0. The molecule has 0 unspecified atom stereocenters. The van der Waals surface area contributed by atoms with E-state index in [9.17, 15) is 14.4 Å². The van der Waals surface area contributed by atoms with E-state index in [0.717, 1.165) is 31.2 Å². The molecule has 0 heterocycles. The highest BCUT2D eigenvalue weighted by atomic mass is 16.5. The molecule has 2 N–H and O–H groups in total. The minimum Gasteiger partial charge on any atom is -0.451 e. The van der Waals surface area contributed by atoms with E-state index in [1.165, 1.54) is 0 Å². The molecule has 6 nitrogen and oxygen atoms in total. The quantitative estimate of drug-likeness (QED) is 0.684. The zero-order valence-electron chi connectivity index (χ0n) is 16.4. The zero-order chi connectivity index (χ0) is 19.8. The minimum atomic E-state index is -0.884. The summed E-state index contributed by atoms with van der Waals surface area (Å²) in [5, 5.41) is 5.66. The number of amides is 2. The van der Waals surface area contributed by atoms with Crippen molar-refractivity contribution < 1.29 is 19.1 Å². The van der Waals surface area contributed by atoms with Crippen molar-refractivity contribution in [2.24, 2.45) is 5.92 Å². The zero-order valence-corrected chi connectivity index (χ0v) is 16.4. The monoisotopic (exact) mass is 374 g/mol. The van der Waals surface area contributed by atoms with Crippen molar-refractivity contribution in [1.82, 2.24) is 10.6 Å². The van der Waals surface area contributed by atoms with Crippen LogP contribution >= 0.6 is 0 Å². The molecular weight excluding hydrogens is 344 g/mol. The van der Waals surface area contributed by atoms with Crippen LogP contribution in [-0.4, -0.2) is 36.0 Å². The van der Waals surface area contributed by atoms with E-state index in [4.69, 9.17) is 4.74 Å². The molecule has 0 aromatic heterocycles. The van der Waals surface area contributed by atoms with Crippen molar-refractivity contribution in [3.05, 3.63) is 35.9 Å². The van der Waals surface area contributed by atoms with Gasteiger partial charge in [0.15, 0.2) is 6.10 Å². The molecule has 0 spiro atoms. The molecule has 0 saturated heterocycles. The lowest BCUT2D eigenvalue weighted by atomic mass is 10.0. The molecule has 27 heavy (non-hydrogen) atoms. The van der Waals surface area contributed by atoms with Gasteiger partial charge in [0.2, 0.25) is 5.91 Å². The number of carbonyl (C=O) groups excluding carboxylic acids is 3. The maximum absolute atomic E-state index is 12.5. The van der Waals surface area contributed by atoms with Crippen LogP contribution in [0.4, 0.5) is 0 Å². The summed E-state index contributed by atoms with van der Waals surface area (Å²) < 4.78 is 5.33. The first-order valence-corrected chi connectivity index (χ1v) is 9.71. The van der Waals surface area contributed by atoms with Gasteiger partial charge in [-0.2, -0.15) is 0 Å². The Hall–Kier alpha value is -2.37. The molecule has 148 valence electrons. The lowest BCUT2D eigenvalue weighted by molar-refractivity contribution is -0.158. The van der Waals surface area contributed by atoms with Crippen LogP contribution in [0.2, 0.25) is 0 Å². The number of benzene rings is 1. The Kier molecular flexibility index (Phi) is 7.82. The SMILES string of the molecule is CC(C)[C@H](NC(=O)Cc1ccccc1)C(=O)O[C@H](C)C(=O)NC1CCCC1. The van der Waals surface area contributed by atoms with E-state index >= 15 is 0 Å². The topological polar surface area (TPSA) is 84.5 Å². The van der Waals surface area contributed by atoms with Gasteiger partial charge in [-0.3, -0.25) is 9.59 Å². The van der Waals surface area contributed by atoms with Gasteiger partial charge in [-0.15, -0.1) is 0 Å². The van der Waals surface area contributed by atoms with Crippen molar-refractivity contribution >= 4 is 17.8 Å². The first-order chi connectivity index (χ1) is 12.9. The van der Waals surface area contributed by atoms with E-state index in [0.29, 0.717) is 0 Å². The first kappa shape index (κ1) is 20.9. The van der Waals surface area contributed by atoms with Gasteiger partial charge in [0.25, 0.3) is 5.91 Å². The fraction of sp³-hybridized carbons (Fsp3) is 0.571. The number of hydrogen-bond acceptors (Lipinski definition) is 4. The van der Waals surface area contributed by atoms with Crippen LogP contribution in [0.5, 0.6) is 0 Å². The van der Waals surface area contributed by atoms with Gasteiger partial charge < -0.3 is 15.4 Å². The predicted molar refractivity (Wildman–Crippen MR) is 103 cm³/mol. The number of hydrogen-bond donors (Lipinski definition) is 2. The third kappa shape index (κ3) is 6.70. The Morgan fingerprint density at radius 1 is 1.07 bits per heavy atom. The molecule has 2 amide bonds. The van der Waals surface area contributed by atoms with Crippen LogP contribution in [0.3, 0.4) is 0 Å². The summed E-state index contributed by atoms with van der Waals surface area (Å²) in [6.45, 7) is 5.22. The summed E-state index contributed by atoms with van der Waals surface area (Å²) in [5.74, 6) is -1.27. The summed E-state index contributed by atoms with van der Waals surface area (Å²) in [7, 11) is 0. The van der Waals surface area contributed by atoms with Crippen molar-refractivity contribution in [1.29, 1.82) is 0 Å². The van der Waals surface area contributed by atoms with Crippen molar-refractivity contribution in [3.63, 3.8) is 0 Å². The molecule has 0 bridgehead atoms. The molecule has 1 fully saturated rings. The summed E-state index contributed by atoms with van der Waals surface area (Å²) in [6, 6.07) is 8.71. The molecule has 1 aromatic carbocycles. The Morgan fingerprint density at radius 2 is 1.70 bits per heavy atom. The molecule has 2 rings (SSSR count). The van der Waals surface area contributed by atoms with Gasteiger partial charge >= 0.3 is 5.97 Å². The van der Waals surface area contributed by atoms with Crippen LogP contribution in [0, 0.1) is 5.92 Å². The van der Waals surface area contributed by atoms with Gasteiger partial charge in [0.05, 0.1) is 6.42 Å². The van der Waals surface area contributed by atoms with Gasteiger partial charge in [-0.25, -0.2) is 4.79 Å². The largest absolute Gasteiger partial charge is 0.451 e. The van der Waals surface area contributed by atoms with Gasteiger partial charge in [-0.05, 0) is 31.2 Å². The molecule has 1 saturated carbocycles. The Morgan fingerprint density at radius 3 is 2.30 bits per heavy atom. The van der Waals surface area contributed by atoms with Gasteiger partial charge in [-0.1, -0.05) is 57.0 Å². The average Bonchev–Trinajstić information content (AvgIpc) is 3.13. The van der Waals surface area contributed by atoms with E-state index in [-0.39, 0.29) is 30.2 Å². The fourth-order valence-electron chi connectivity index (χ4n) is 3.19. The van der Waals surface area contributed by atoms with Crippen molar-refractivity contribution in [2.75, 3.05) is 0 Å². The van der Waals surface area contributed by atoms with Crippen LogP contribution in [0.1, 0.15) is 52.0 Å². The smallest absolute Gasteiger partial charge is 0.329 e. The van der Waals surface area contributed by atoms with E-state index in [1.807, 2.05) is 44.2 Å². The molecule has 1 aliphatic carbocycles. The first-order valence-electron chi connectivity index (χ1n) is 9.71. The third-order valence-electron chi connectivity index (χ3n) is 4.81. The maximum atomic E-state index is 12.5. The molecule has 1 aliphatic rings. The molecule has 0 radical (unpaired) electrons. The number of carbonyl (C=O) groups is 3. The molecule has 2 atom stereocenters. The summed E-state index contributed by atoms with van der Waals surface area (Å²) in [5.41, 5.74) is 0.871.